The molecule has 0 saturated heterocycles. The lowest BCUT2D eigenvalue weighted by Gasteiger charge is -2.08. The molecule has 0 aliphatic rings. The first kappa shape index (κ1) is 11.8. The van der Waals surface area contributed by atoms with Gasteiger partial charge in [0.1, 0.15) is 5.82 Å². The van der Waals surface area contributed by atoms with Crippen LogP contribution in [0.3, 0.4) is 0 Å². The lowest BCUT2D eigenvalue weighted by atomic mass is 10.1. The first-order chi connectivity index (χ1) is 9.16. The summed E-state index contributed by atoms with van der Waals surface area (Å²) in [5.74, 6) is 0.305. The van der Waals surface area contributed by atoms with Gasteiger partial charge >= 0.3 is 6.55 Å². The maximum Gasteiger partial charge on any atom is 0.320 e. The topological polar surface area (TPSA) is 17.8 Å². The van der Waals surface area contributed by atoms with E-state index in [0.29, 0.717) is 22.4 Å². The number of nitrogens with zero attached hydrogens (tertiary/aromatic N) is 2. The molecule has 1 heterocycles. The van der Waals surface area contributed by atoms with Crippen molar-refractivity contribution in [1.82, 2.24) is 9.55 Å². The Morgan fingerprint density at radius 2 is 1.84 bits per heavy atom. The molecule has 1 aromatic heterocycles. The Bertz CT molecular complexity index is 732. The minimum absolute atomic E-state index is 0.305. The van der Waals surface area contributed by atoms with Gasteiger partial charge in [-0.3, -0.25) is 4.57 Å². The zero-order valence-corrected chi connectivity index (χ0v) is 10.3. The van der Waals surface area contributed by atoms with Crippen molar-refractivity contribution in [2.75, 3.05) is 0 Å². The predicted octanol–water partition coefficient (Wildman–Crippen LogP) is 4.41. The SMILES string of the molecule is Cc1cccc(-c2nc3ccccc3n2C(F)F)c1. The fourth-order valence-electron chi connectivity index (χ4n) is 2.23. The molecule has 0 atom stereocenters. The number of hydrogen-bond acceptors (Lipinski definition) is 1. The van der Waals surface area contributed by atoms with Crippen molar-refractivity contribution in [2.24, 2.45) is 0 Å². The molecule has 0 saturated carbocycles. The van der Waals surface area contributed by atoms with Crippen LogP contribution in [-0.4, -0.2) is 9.55 Å². The number of aryl methyl sites for hydroxylation is 1. The van der Waals surface area contributed by atoms with Crippen molar-refractivity contribution in [3.05, 3.63) is 54.1 Å². The van der Waals surface area contributed by atoms with Gasteiger partial charge in [-0.2, -0.15) is 8.78 Å². The van der Waals surface area contributed by atoms with E-state index in [2.05, 4.69) is 4.98 Å². The van der Waals surface area contributed by atoms with Gasteiger partial charge in [-0.1, -0.05) is 35.9 Å². The molecule has 0 spiro atoms. The van der Waals surface area contributed by atoms with Crippen molar-refractivity contribution in [1.29, 1.82) is 0 Å². The van der Waals surface area contributed by atoms with E-state index in [1.807, 2.05) is 25.1 Å². The van der Waals surface area contributed by atoms with Crippen LogP contribution >= 0.6 is 0 Å². The number of benzene rings is 2. The monoisotopic (exact) mass is 258 g/mol. The standard InChI is InChI=1S/C15H12F2N2/c1-10-5-4-6-11(9-10)14-18-12-7-2-3-8-13(12)19(14)15(16)17/h2-9,15H,1H3. The Kier molecular flexibility index (Phi) is 2.78. The summed E-state index contributed by atoms with van der Waals surface area (Å²) in [5.41, 5.74) is 2.76. The quantitative estimate of drug-likeness (QED) is 0.665. The van der Waals surface area contributed by atoms with Crippen LogP contribution in [0.1, 0.15) is 12.1 Å². The maximum absolute atomic E-state index is 13.3. The van der Waals surface area contributed by atoms with Crippen LogP contribution in [0.4, 0.5) is 8.78 Å². The van der Waals surface area contributed by atoms with Gasteiger partial charge in [0.05, 0.1) is 11.0 Å². The molecule has 2 nitrogen and oxygen atoms in total. The van der Waals surface area contributed by atoms with E-state index in [0.717, 1.165) is 10.1 Å². The first-order valence-electron chi connectivity index (χ1n) is 5.99. The van der Waals surface area contributed by atoms with Crippen LogP contribution in [-0.2, 0) is 0 Å². The Labute approximate surface area is 109 Å². The van der Waals surface area contributed by atoms with E-state index in [4.69, 9.17) is 0 Å². The van der Waals surface area contributed by atoms with Crippen LogP contribution in [0, 0.1) is 6.92 Å². The van der Waals surface area contributed by atoms with E-state index >= 15 is 0 Å². The number of alkyl halides is 2. The van der Waals surface area contributed by atoms with E-state index in [1.165, 1.54) is 0 Å². The Hall–Kier alpha value is -2.23. The Balaban J connectivity index is 2.31. The zero-order chi connectivity index (χ0) is 13.4. The van der Waals surface area contributed by atoms with Gasteiger partial charge in [0.15, 0.2) is 0 Å². The highest BCUT2D eigenvalue weighted by Crippen LogP contribution is 2.29. The molecule has 3 aromatic rings. The van der Waals surface area contributed by atoms with Crippen LogP contribution in [0.2, 0.25) is 0 Å². The molecule has 96 valence electrons. The molecule has 0 radical (unpaired) electrons. The number of aromatic nitrogens is 2. The fraction of sp³-hybridized carbons (Fsp3) is 0.133. The molecule has 0 unspecified atom stereocenters. The summed E-state index contributed by atoms with van der Waals surface area (Å²) in [5, 5.41) is 0. The van der Waals surface area contributed by atoms with E-state index < -0.39 is 6.55 Å². The van der Waals surface area contributed by atoms with Crippen molar-refractivity contribution in [2.45, 2.75) is 13.5 Å². The molecule has 0 fully saturated rings. The third-order valence-corrected chi connectivity index (χ3v) is 3.07. The molecule has 0 bridgehead atoms. The average molecular weight is 258 g/mol. The number of imidazole rings is 1. The van der Waals surface area contributed by atoms with Gasteiger partial charge in [0.2, 0.25) is 0 Å². The largest absolute Gasteiger partial charge is 0.320 e. The minimum atomic E-state index is -2.61. The van der Waals surface area contributed by atoms with Crippen LogP contribution < -0.4 is 0 Å². The molecule has 0 amide bonds. The second-order valence-corrected chi connectivity index (χ2v) is 4.44. The van der Waals surface area contributed by atoms with Gasteiger partial charge < -0.3 is 0 Å². The third kappa shape index (κ3) is 1.99. The first-order valence-corrected chi connectivity index (χ1v) is 5.99. The predicted molar refractivity (Wildman–Crippen MR) is 71.2 cm³/mol. The highest BCUT2D eigenvalue weighted by Gasteiger charge is 2.18. The maximum atomic E-state index is 13.3. The van der Waals surface area contributed by atoms with Gasteiger partial charge in [0.25, 0.3) is 0 Å². The summed E-state index contributed by atoms with van der Waals surface area (Å²) in [7, 11) is 0. The Morgan fingerprint density at radius 1 is 1.05 bits per heavy atom. The molecule has 0 N–H and O–H groups in total. The van der Waals surface area contributed by atoms with Crippen LogP contribution in [0.5, 0.6) is 0 Å². The molecular weight excluding hydrogens is 246 g/mol. The molecule has 3 rings (SSSR count). The van der Waals surface area contributed by atoms with Gasteiger partial charge in [-0.05, 0) is 25.1 Å². The summed E-state index contributed by atoms with van der Waals surface area (Å²) in [6.07, 6.45) is 0. The number of halogens is 2. The summed E-state index contributed by atoms with van der Waals surface area (Å²) in [6.45, 7) is -0.679. The van der Waals surface area contributed by atoms with Crippen LogP contribution in [0.25, 0.3) is 22.4 Å². The third-order valence-electron chi connectivity index (χ3n) is 3.07. The summed E-state index contributed by atoms with van der Waals surface area (Å²) in [6, 6.07) is 14.4. The zero-order valence-electron chi connectivity index (χ0n) is 10.3. The van der Waals surface area contributed by atoms with Gasteiger partial charge in [-0.25, -0.2) is 4.98 Å². The highest BCUT2D eigenvalue weighted by atomic mass is 19.3. The smallest absolute Gasteiger partial charge is 0.266 e. The lowest BCUT2D eigenvalue weighted by Crippen LogP contribution is -2.00. The molecule has 4 heteroatoms. The van der Waals surface area contributed by atoms with Crippen molar-refractivity contribution < 1.29 is 8.78 Å². The van der Waals surface area contributed by atoms with Gasteiger partial charge in [-0.15, -0.1) is 0 Å². The van der Waals surface area contributed by atoms with Gasteiger partial charge in [0, 0.05) is 5.56 Å². The van der Waals surface area contributed by atoms with E-state index in [-0.39, 0.29) is 0 Å². The second-order valence-electron chi connectivity index (χ2n) is 4.44. The fourth-order valence-corrected chi connectivity index (χ4v) is 2.23. The molecule has 0 aliphatic carbocycles. The molecule has 19 heavy (non-hydrogen) atoms. The number of hydrogen-bond donors (Lipinski definition) is 0. The van der Waals surface area contributed by atoms with E-state index in [1.54, 1.807) is 30.3 Å². The number of para-hydroxylation sites is 2. The normalized spacial score (nSPS) is 11.4. The van der Waals surface area contributed by atoms with Crippen LogP contribution in [0.15, 0.2) is 48.5 Å². The van der Waals surface area contributed by atoms with Crippen molar-refractivity contribution in [3.8, 4) is 11.4 Å². The summed E-state index contributed by atoms with van der Waals surface area (Å²) >= 11 is 0. The minimum Gasteiger partial charge on any atom is -0.266 e. The Morgan fingerprint density at radius 3 is 2.58 bits per heavy atom. The summed E-state index contributed by atoms with van der Waals surface area (Å²) in [4.78, 5) is 4.33. The molecule has 0 aliphatic heterocycles. The molecular formula is C15H12F2N2. The van der Waals surface area contributed by atoms with Crippen molar-refractivity contribution >= 4 is 11.0 Å². The highest BCUT2D eigenvalue weighted by molar-refractivity contribution is 5.80. The summed E-state index contributed by atoms with van der Waals surface area (Å²) < 4.78 is 27.6. The second kappa shape index (κ2) is 4.46. The lowest BCUT2D eigenvalue weighted by molar-refractivity contribution is 0.0764. The van der Waals surface area contributed by atoms with E-state index in [9.17, 15) is 8.78 Å². The number of rotatable bonds is 2. The average Bonchev–Trinajstić information content (AvgIpc) is 2.78. The molecule has 2 aromatic carbocycles. The van der Waals surface area contributed by atoms with Crippen molar-refractivity contribution in [3.63, 3.8) is 0 Å². The number of fused-ring (bicyclic) bond motifs is 1.